The van der Waals surface area contributed by atoms with E-state index in [0.717, 1.165) is 87.3 Å². The minimum absolute atomic E-state index is 0.0756. The zero-order valence-electron chi connectivity index (χ0n) is 36.1. The monoisotopic (exact) mass is 786 g/mol. The first-order chi connectivity index (χ1) is 26.6. The van der Waals surface area contributed by atoms with Crippen molar-refractivity contribution >= 4 is 17.8 Å². The Hall–Kier alpha value is -3.53. The van der Waals surface area contributed by atoms with Crippen LogP contribution in [0.3, 0.4) is 0 Å². The van der Waals surface area contributed by atoms with Crippen LogP contribution in [0.25, 0.3) is 0 Å². The second-order valence-electron chi connectivity index (χ2n) is 19.9. The molecule has 0 radical (unpaired) electrons. The average molecular weight is 786 g/mol. The van der Waals surface area contributed by atoms with Crippen molar-refractivity contribution in [3.8, 4) is 0 Å². The molecule has 6 atom stereocenters. The third-order valence-electron chi connectivity index (χ3n) is 15.3. The Balaban J connectivity index is 0.000000232. The SMILES string of the molecule is C=C1C[C@@]23CC[C@H]4[C@@](C)(CCC[C@@]4(C)C(=O)O)[C@@H]2CC[C@]1(O)C3.CN(C(=O)CN(CCO)CC(=O)N(C)C(C)(C)Cc1ccccc1)C(C)(C)Cc1ccccc1. The minimum Gasteiger partial charge on any atom is -0.481 e. The maximum Gasteiger partial charge on any atom is 0.309 e. The van der Waals surface area contributed by atoms with Crippen LogP contribution in [0.2, 0.25) is 0 Å². The highest BCUT2D eigenvalue weighted by Gasteiger charge is 2.67. The van der Waals surface area contributed by atoms with E-state index in [-0.39, 0.29) is 65.9 Å². The molecule has 0 unspecified atom stereocenters. The normalized spacial score (nSPS) is 29.4. The Bertz CT molecular complexity index is 1670. The molecule has 0 heterocycles. The standard InChI is InChI=1S/C28H41N3O3.C20H30O3/c1-27(2,19-23-13-9-7-10-14-23)29(5)25(33)21-31(17-18-32)22-26(34)30(6)28(3,4)20-24-15-11-8-12-16-24;1-13-11-19-9-5-14-17(2,7-4-8-18(14,3)16(21)22)15(19)6-10-20(13,23)12-19/h7-16,32H,17-22H2,1-6H3;14-15,23H,1,4-12H2,2-3H3,(H,21,22)/t;14-,15-,17+,18+,19+,20-/m.0/s1. The molecule has 1 spiro atoms. The predicted molar refractivity (Wildman–Crippen MR) is 226 cm³/mol. The average Bonchev–Trinajstić information content (AvgIpc) is 3.33. The van der Waals surface area contributed by atoms with Gasteiger partial charge in [0.05, 0.1) is 30.7 Å². The zero-order chi connectivity index (χ0) is 42.0. The highest BCUT2D eigenvalue weighted by Crippen LogP contribution is 2.72. The van der Waals surface area contributed by atoms with E-state index in [4.69, 9.17) is 0 Å². The summed E-state index contributed by atoms with van der Waals surface area (Å²) in [6.45, 7) is 17.0. The zero-order valence-corrected chi connectivity index (χ0v) is 36.1. The maximum atomic E-state index is 13.1. The lowest BCUT2D eigenvalue weighted by molar-refractivity contribution is -0.186. The van der Waals surface area contributed by atoms with Crippen LogP contribution < -0.4 is 0 Å². The number of aliphatic hydroxyl groups excluding tert-OH is 1. The Morgan fingerprint density at radius 3 is 1.74 bits per heavy atom. The number of aliphatic carboxylic acids is 1. The summed E-state index contributed by atoms with van der Waals surface area (Å²) in [5.74, 6) is 0.0680. The van der Waals surface area contributed by atoms with E-state index in [0.29, 0.717) is 5.92 Å². The molecule has 314 valence electrons. The van der Waals surface area contributed by atoms with Crippen molar-refractivity contribution in [1.29, 1.82) is 0 Å². The molecule has 6 rings (SSSR count). The quantitative estimate of drug-likeness (QED) is 0.181. The Morgan fingerprint density at radius 1 is 0.772 bits per heavy atom. The predicted octanol–water partition coefficient (Wildman–Crippen LogP) is 7.40. The molecular weight excluding hydrogens is 715 g/mol. The van der Waals surface area contributed by atoms with Crippen molar-refractivity contribution in [3.05, 3.63) is 83.9 Å². The second kappa shape index (κ2) is 17.0. The molecule has 0 saturated heterocycles. The smallest absolute Gasteiger partial charge is 0.309 e. The van der Waals surface area contributed by atoms with Gasteiger partial charge >= 0.3 is 5.97 Å². The number of aliphatic hydroxyl groups is 2. The molecule has 9 nitrogen and oxygen atoms in total. The van der Waals surface area contributed by atoms with Crippen LogP contribution in [-0.4, -0.2) is 105 Å². The van der Waals surface area contributed by atoms with Gasteiger partial charge in [0.2, 0.25) is 11.8 Å². The topological polar surface area (TPSA) is 122 Å². The molecule has 4 aliphatic rings. The number of carbonyl (C=O) groups is 3. The molecule has 9 heteroatoms. The van der Waals surface area contributed by atoms with E-state index in [1.165, 1.54) is 0 Å². The molecule has 2 bridgehead atoms. The number of hydrogen-bond acceptors (Lipinski definition) is 6. The van der Waals surface area contributed by atoms with Crippen LogP contribution in [0.15, 0.2) is 72.8 Å². The van der Waals surface area contributed by atoms with Crippen LogP contribution >= 0.6 is 0 Å². The summed E-state index contributed by atoms with van der Waals surface area (Å²) in [5.41, 5.74) is 1.68. The molecular formula is C48H71N3O6. The molecule has 3 N–H and O–H groups in total. The summed E-state index contributed by atoms with van der Waals surface area (Å²) in [5, 5.41) is 30.4. The van der Waals surface area contributed by atoms with Crippen molar-refractivity contribution in [2.75, 3.05) is 40.3 Å². The molecule has 2 aromatic carbocycles. The number of amides is 2. The summed E-state index contributed by atoms with van der Waals surface area (Å²) in [7, 11) is 3.61. The summed E-state index contributed by atoms with van der Waals surface area (Å²) < 4.78 is 0. The Kier molecular flexibility index (Phi) is 13.3. The van der Waals surface area contributed by atoms with Crippen LogP contribution in [0.4, 0.5) is 0 Å². The van der Waals surface area contributed by atoms with Gasteiger partial charge < -0.3 is 25.1 Å². The van der Waals surface area contributed by atoms with Crippen LogP contribution in [0.5, 0.6) is 0 Å². The summed E-state index contributed by atoms with van der Waals surface area (Å²) >= 11 is 0. The summed E-state index contributed by atoms with van der Waals surface area (Å²) in [6, 6.07) is 20.2. The van der Waals surface area contributed by atoms with Crippen molar-refractivity contribution in [1.82, 2.24) is 14.7 Å². The molecule has 57 heavy (non-hydrogen) atoms. The lowest BCUT2D eigenvalue weighted by Gasteiger charge is -2.63. The van der Waals surface area contributed by atoms with Gasteiger partial charge in [-0.25, -0.2) is 0 Å². The molecule has 0 aromatic heterocycles. The summed E-state index contributed by atoms with van der Waals surface area (Å²) in [4.78, 5) is 43.5. The van der Waals surface area contributed by atoms with E-state index in [1.807, 2.05) is 71.0 Å². The van der Waals surface area contributed by atoms with Gasteiger partial charge in [-0.05, 0) is 138 Å². The first kappa shape index (κ1) is 44.6. The number of benzene rings is 2. The van der Waals surface area contributed by atoms with Crippen LogP contribution in [-0.2, 0) is 27.2 Å². The van der Waals surface area contributed by atoms with Gasteiger partial charge in [0.1, 0.15) is 0 Å². The number of rotatable bonds is 13. The molecule has 2 amide bonds. The first-order valence-corrected chi connectivity index (χ1v) is 21.2. The molecule has 4 fully saturated rings. The van der Waals surface area contributed by atoms with E-state index in [2.05, 4.69) is 37.8 Å². The number of hydrogen-bond donors (Lipinski definition) is 3. The van der Waals surface area contributed by atoms with E-state index in [9.17, 15) is 29.7 Å². The molecule has 0 aliphatic heterocycles. The number of carboxylic acid groups (broad SMARTS) is 1. The Morgan fingerprint density at radius 2 is 1.26 bits per heavy atom. The lowest BCUT2D eigenvalue weighted by atomic mass is 9.41. The molecule has 2 aromatic rings. The third-order valence-corrected chi connectivity index (χ3v) is 15.3. The van der Waals surface area contributed by atoms with Gasteiger partial charge in [0.15, 0.2) is 0 Å². The van der Waals surface area contributed by atoms with Crippen molar-refractivity contribution in [3.63, 3.8) is 0 Å². The summed E-state index contributed by atoms with van der Waals surface area (Å²) in [6.07, 6.45) is 10.2. The van der Waals surface area contributed by atoms with Gasteiger partial charge in [-0.2, -0.15) is 0 Å². The largest absolute Gasteiger partial charge is 0.481 e. The molecule has 4 aliphatic carbocycles. The molecule has 4 saturated carbocycles. The Labute approximate surface area is 342 Å². The number of fused-ring (bicyclic) bond motifs is 3. The number of likely N-dealkylation sites (N-methyl/N-ethyl adjacent to an activating group) is 2. The highest BCUT2D eigenvalue weighted by molar-refractivity contribution is 5.82. The van der Waals surface area contributed by atoms with Gasteiger partial charge in [0.25, 0.3) is 0 Å². The van der Waals surface area contributed by atoms with Crippen LogP contribution in [0.1, 0.15) is 110 Å². The lowest BCUT2D eigenvalue weighted by Crippen LogP contribution is -2.59. The number of nitrogens with zero attached hydrogens (tertiary/aromatic N) is 3. The number of carbonyl (C=O) groups excluding carboxylic acids is 2. The number of carboxylic acids is 1. The van der Waals surface area contributed by atoms with Crippen molar-refractivity contribution < 1.29 is 29.7 Å². The van der Waals surface area contributed by atoms with E-state index >= 15 is 0 Å². The van der Waals surface area contributed by atoms with Gasteiger partial charge in [-0.1, -0.05) is 80.6 Å². The van der Waals surface area contributed by atoms with Gasteiger partial charge in [0, 0.05) is 31.7 Å². The van der Waals surface area contributed by atoms with Gasteiger partial charge in [-0.3, -0.25) is 19.3 Å². The third kappa shape index (κ3) is 9.21. The van der Waals surface area contributed by atoms with Gasteiger partial charge in [-0.15, -0.1) is 0 Å². The van der Waals surface area contributed by atoms with Crippen molar-refractivity contribution in [2.45, 2.75) is 129 Å². The fourth-order valence-electron chi connectivity index (χ4n) is 11.7. The fraction of sp³-hybridized carbons (Fsp3) is 0.646. The van der Waals surface area contributed by atoms with Crippen LogP contribution in [0, 0.1) is 28.1 Å². The van der Waals surface area contributed by atoms with Crippen molar-refractivity contribution in [2.24, 2.45) is 28.1 Å². The van der Waals surface area contributed by atoms with E-state index in [1.54, 1.807) is 28.8 Å². The fourth-order valence-corrected chi connectivity index (χ4v) is 11.7. The van der Waals surface area contributed by atoms with E-state index < -0.39 is 17.0 Å². The first-order valence-electron chi connectivity index (χ1n) is 21.2. The highest BCUT2D eigenvalue weighted by atomic mass is 16.4. The maximum absolute atomic E-state index is 13.1. The second-order valence-corrected chi connectivity index (χ2v) is 19.9. The minimum atomic E-state index is -0.634.